The molecule has 0 heterocycles. The van der Waals surface area contributed by atoms with Crippen LogP contribution in [0.3, 0.4) is 0 Å². The van der Waals surface area contributed by atoms with E-state index in [2.05, 4.69) is 15.6 Å². The van der Waals surface area contributed by atoms with Gasteiger partial charge in [-0.1, -0.05) is 26.0 Å². The third kappa shape index (κ3) is 9.08. The summed E-state index contributed by atoms with van der Waals surface area (Å²) in [6.45, 7) is 8.47. The van der Waals surface area contributed by atoms with E-state index in [1.54, 1.807) is 26.8 Å². The van der Waals surface area contributed by atoms with Crippen LogP contribution in [0.4, 0.5) is 13.2 Å². The van der Waals surface area contributed by atoms with Crippen LogP contribution in [0.15, 0.2) is 29.3 Å². The Morgan fingerprint density at radius 3 is 2.34 bits per heavy atom. The molecule has 0 bridgehead atoms. The molecule has 1 rings (SSSR count). The summed E-state index contributed by atoms with van der Waals surface area (Å²) in [4.78, 5) is 4.25. The van der Waals surface area contributed by atoms with Crippen molar-refractivity contribution in [2.75, 3.05) is 31.9 Å². The standard InChI is InChI=1S/C18H29F3N4O2S.HI/c1-5-22-17(23-11-12-28(26,27)25(6-2)7-3)24-14(4)15-9-8-10-16(13-15)18(19,20)21;/h8-10,13-14H,5-7,11-12H2,1-4H3,(H2,22,23,24);1H. The number of hydrogen-bond acceptors (Lipinski definition) is 3. The van der Waals surface area contributed by atoms with Gasteiger partial charge in [0.05, 0.1) is 23.9 Å². The van der Waals surface area contributed by atoms with Gasteiger partial charge in [-0.05, 0) is 31.5 Å². The summed E-state index contributed by atoms with van der Waals surface area (Å²) in [5.41, 5.74) is -0.262. The number of sulfonamides is 1. The average Bonchev–Trinajstić information content (AvgIpc) is 2.61. The number of aliphatic imine (C=N–C) groups is 1. The molecule has 1 atom stereocenters. The van der Waals surface area contributed by atoms with Crippen molar-refractivity contribution in [2.24, 2.45) is 4.99 Å². The van der Waals surface area contributed by atoms with Crippen LogP contribution in [-0.2, 0) is 16.2 Å². The van der Waals surface area contributed by atoms with Crippen molar-refractivity contribution in [3.63, 3.8) is 0 Å². The predicted octanol–water partition coefficient (Wildman–Crippen LogP) is 3.61. The lowest BCUT2D eigenvalue weighted by molar-refractivity contribution is -0.137. The van der Waals surface area contributed by atoms with Crippen molar-refractivity contribution in [3.05, 3.63) is 35.4 Å². The summed E-state index contributed by atoms with van der Waals surface area (Å²) in [5.74, 6) is 0.214. The summed E-state index contributed by atoms with van der Waals surface area (Å²) in [7, 11) is -3.39. The maximum Gasteiger partial charge on any atom is 0.416 e. The minimum atomic E-state index is -4.41. The molecule has 0 aliphatic heterocycles. The maximum absolute atomic E-state index is 12.9. The highest BCUT2D eigenvalue weighted by molar-refractivity contribution is 14.0. The Balaban J connectivity index is 0.00000784. The van der Waals surface area contributed by atoms with Gasteiger partial charge in [-0.3, -0.25) is 4.99 Å². The molecule has 1 aromatic rings. The van der Waals surface area contributed by atoms with Crippen LogP contribution in [-0.4, -0.2) is 50.6 Å². The zero-order chi connectivity index (χ0) is 21.4. The molecular weight excluding hydrogens is 520 g/mol. The van der Waals surface area contributed by atoms with E-state index in [1.165, 1.54) is 10.4 Å². The van der Waals surface area contributed by atoms with Crippen molar-refractivity contribution in [2.45, 2.75) is 39.9 Å². The molecule has 0 saturated carbocycles. The SMILES string of the molecule is CCNC(=NCCS(=O)(=O)N(CC)CC)NC(C)c1cccc(C(F)(F)F)c1.I. The number of rotatable bonds is 9. The molecular formula is C18H30F3IN4O2S. The van der Waals surface area contributed by atoms with Crippen LogP contribution in [0.2, 0.25) is 0 Å². The summed E-state index contributed by atoms with van der Waals surface area (Å²) in [6, 6.07) is 4.62. The third-order valence-electron chi connectivity index (χ3n) is 4.13. The number of nitrogens with zero attached hydrogens (tertiary/aromatic N) is 2. The van der Waals surface area contributed by atoms with Gasteiger partial charge in [0.25, 0.3) is 0 Å². The van der Waals surface area contributed by atoms with E-state index in [0.717, 1.165) is 12.1 Å². The van der Waals surface area contributed by atoms with E-state index >= 15 is 0 Å². The molecule has 11 heteroatoms. The molecule has 6 nitrogen and oxygen atoms in total. The molecule has 0 spiro atoms. The van der Waals surface area contributed by atoms with E-state index in [1.807, 2.05) is 6.92 Å². The molecule has 168 valence electrons. The van der Waals surface area contributed by atoms with Gasteiger partial charge in [0.15, 0.2) is 5.96 Å². The van der Waals surface area contributed by atoms with Gasteiger partial charge in [-0.2, -0.15) is 13.2 Å². The molecule has 1 aromatic carbocycles. The number of alkyl halides is 3. The number of guanidine groups is 1. The van der Waals surface area contributed by atoms with Crippen molar-refractivity contribution < 1.29 is 21.6 Å². The number of halogens is 4. The summed E-state index contributed by atoms with van der Waals surface area (Å²) >= 11 is 0. The second-order valence-corrected chi connectivity index (χ2v) is 8.24. The van der Waals surface area contributed by atoms with Gasteiger partial charge in [-0.15, -0.1) is 24.0 Å². The molecule has 1 unspecified atom stereocenters. The second-order valence-electron chi connectivity index (χ2n) is 6.15. The van der Waals surface area contributed by atoms with E-state index in [-0.39, 0.29) is 36.3 Å². The molecule has 0 saturated heterocycles. The molecule has 2 N–H and O–H groups in total. The van der Waals surface area contributed by atoms with Crippen LogP contribution >= 0.6 is 24.0 Å². The minimum absolute atomic E-state index is 0. The lowest BCUT2D eigenvalue weighted by atomic mass is 10.1. The lowest BCUT2D eigenvalue weighted by Crippen LogP contribution is -2.39. The number of hydrogen-bond donors (Lipinski definition) is 2. The average molecular weight is 550 g/mol. The normalized spacial score (nSPS) is 13.7. The molecule has 29 heavy (non-hydrogen) atoms. The summed E-state index contributed by atoms with van der Waals surface area (Å²) in [5, 5.41) is 6.00. The monoisotopic (exact) mass is 550 g/mol. The van der Waals surface area contributed by atoms with Gasteiger partial charge in [0, 0.05) is 19.6 Å². The van der Waals surface area contributed by atoms with E-state index in [9.17, 15) is 21.6 Å². The molecule has 0 aliphatic carbocycles. The Kier molecular flexibility index (Phi) is 12.1. The lowest BCUT2D eigenvalue weighted by Gasteiger charge is -2.20. The molecule has 0 fully saturated rings. The first-order chi connectivity index (χ1) is 13.0. The largest absolute Gasteiger partial charge is 0.416 e. The fourth-order valence-electron chi connectivity index (χ4n) is 2.61. The predicted molar refractivity (Wildman–Crippen MR) is 121 cm³/mol. The highest BCUT2D eigenvalue weighted by Gasteiger charge is 2.30. The summed E-state index contributed by atoms with van der Waals surface area (Å²) < 4.78 is 64.5. The highest BCUT2D eigenvalue weighted by Crippen LogP contribution is 2.30. The smallest absolute Gasteiger partial charge is 0.357 e. The Bertz CT molecular complexity index is 754. The van der Waals surface area contributed by atoms with Crippen LogP contribution in [0.25, 0.3) is 0 Å². The van der Waals surface area contributed by atoms with Gasteiger partial charge in [-0.25, -0.2) is 12.7 Å². The first-order valence-electron chi connectivity index (χ1n) is 9.24. The topological polar surface area (TPSA) is 73.8 Å². The summed E-state index contributed by atoms with van der Waals surface area (Å²) in [6.07, 6.45) is -4.41. The molecule has 0 aromatic heterocycles. The van der Waals surface area contributed by atoms with Crippen molar-refractivity contribution in [1.29, 1.82) is 0 Å². The van der Waals surface area contributed by atoms with Crippen molar-refractivity contribution in [3.8, 4) is 0 Å². The molecule has 0 amide bonds. The zero-order valence-corrected chi connectivity index (χ0v) is 20.2. The van der Waals surface area contributed by atoms with E-state index in [0.29, 0.717) is 31.2 Å². The second kappa shape index (κ2) is 12.6. The quantitative estimate of drug-likeness (QED) is 0.280. The van der Waals surface area contributed by atoms with E-state index in [4.69, 9.17) is 0 Å². The number of benzene rings is 1. The minimum Gasteiger partial charge on any atom is -0.357 e. The van der Waals surface area contributed by atoms with Gasteiger partial charge in [0.1, 0.15) is 0 Å². The Morgan fingerprint density at radius 1 is 1.21 bits per heavy atom. The van der Waals surface area contributed by atoms with Gasteiger partial charge in [0.2, 0.25) is 10.0 Å². The highest BCUT2D eigenvalue weighted by atomic mass is 127. The molecule has 0 aliphatic rings. The van der Waals surface area contributed by atoms with Crippen LogP contribution in [0, 0.1) is 0 Å². The third-order valence-corrected chi connectivity index (χ3v) is 6.13. The van der Waals surface area contributed by atoms with Crippen LogP contribution < -0.4 is 10.6 Å². The number of nitrogens with one attached hydrogen (secondary N) is 2. The fourth-order valence-corrected chi connectivity index (χ4v) is 3.98. The first-order valence-corrected chi connectivity index (χ1v) is 10.9. The molecule has 0 radical (unpaired) electrons. The zero-order valence-electron chi connectivity index (χ0n) is 17.1. The van der Waals surface area contributed by atoms with E-state index < -0.39 is 27.8 Å². The van der Waals surface area contributed by atoms with Crippen LogP contribution in [0.1, 0.15) is 44.9 Å². The van der Waals surface area contributed by atoms with Crippen molar-refractivity contribution in [1.82, 2.24) is 14.9 Å². The van der Waals surface area contributed by atoms with Crippen molar-refractivity contribution >= 4 is 40.0 Å². The Labute approximate surface area is 188 Å². The maximum atomic E-state index is 12.9. The van der Waals surface area contributed by atoms with Crippen LogP contribution in [0.5, 0.6) is 0 Å². The first kappa shape index (κ1) is 27.9. The Morgan fingerprint density at radius 2 is 1.83 bits per heavy atom. The fraction of sp³-hybridized carbons (Fsp3) is 0.611. The van der Waals surface area contributed by atoms with Gasteiger partial charge >= 0.3 is 6.18 Å². The Hall–Kier alpha value is -1.08. The van der Waals surface area contributed by atoms with Gasteiger partial charge < -0.3 is 10.6 Å².